The lowest BCUT2D eigenvalue weighted by atomic mass is 9.61. The Balaban J connectivity index is 1.53. The summed E-state index contributed by atoms with van der Waals surface area (Å²) in [4.78, 5) is 12.5. The van der Waals surface area contributed by atoms with Crippen LogP contribution in [0.15, 0.2) is 47.1 Å². The van der Waals surface area contributed by atoms with E-state index in [4.69, 9.17) is 0 Å². The van der Waals surface area contributed by atoms with Gasteiger partial charge in [0.2, 0.25) is 0 Å². The van der Waals surface area contributed by atoms with Crippen molar-refractivity contribution < 1.29 is 15.0 Å². The second-order valence-corrected chi connectivity index (χ2v) is 11.1. The highest BCUT2D eigenvalue weighted by Gasteiger charge is 2.50. The van der Waals surface area contributed by atoms with E-state index in [1.807, 2.05) is 0 Å². The summed E-state index contributed by atoms with van der Waals surface area (Å²) in [6, 6.07) is 0. The van der Waals surface area contributed by atoms with Gasteiger partial charge in [-0.3, -0.25) is 4.79 Å². The number of allylic oxidation sites excluding steroid dienone is 4. The minimum atomic E-state index is -1.17. The Morgan fingerprint density at radius 3 is 2.52 bits per heavy atom. The van der Waals surface area contributed by atoms with Gasteiger partial charge in [0.1, 0.15) is 5.60 Å². The summed E-state index contributed by atoms with van der Waals surface area (Å²) in [6.45, 7) is 10.5. The third-order valence-electron chi connectivity index (χ3n) is 9.04. The van der Waals surface area contributed by atoms with E-state index in [0.717, 1.165) is 30.4 Å². The van der Waals surface area contributed by atoms with Crippen molar-refractivity contribution in [2.45, 2.75) is 96.7 Å². The summed E-state index contributed by atoms with van der Waals surface area (Å²) in [7, 11) is 0. The molecule has 0 aromatic carbocycles. The van der Waals surface area contributed by atoms with Crippen molar-refractivity contribution in [2.24, 2.45) is 23.2 Å². The van der Waals surface area contributed by atoms with Crippen molar-refractivity contribution in [3.8, 4) is 0 Å². The van der Waals surface area contributed by atoms with E-state index in [-0.39, 0.29) is 17.3 Å². The standard InChI is InChI=1S/C28H40O3/c1-18(17-22-14-16-28(4,31)26(22)30)23-12-13-24-21(8-6-15-27(23,24)3)11-10-20-7-5-9-25(29)19(20)2/h10-11,17-18,23-25,29,31H,2,5-9,12-16H2,1,3-4H3/b20-10-,21-11+,22-17+. The fourth-order valence-electron chi connectivity index (χ4n) is 7.12. The van der Waals surface area contributed by atoms with E-state index in [0.29, 0.717) is 30.6 Å². The van der Waals surface area contributed by atoms with Crippen molar-refractivity contribution in [1.29, 1.82) is 0 Å². The van der Waals surface area contributed by atoms with E-state index in [9.17, 15) is 15.0 Å². The second kappa shape index (κ2) is 8.48. The Morgan fingerprint density at radius 2 is 1.81 bits per heavy atom. The van der Waals surface area contributed by atoms with Crippen molar-refractivity contribution in [1.82, 2.24) is 0 Å². The van der Waals surface area contributed by atoms with Crippen molar-refractivity contribution in [3.05, 3.63) is 47.1 Å². The Hall–Kier alpha value is -1.45. The second-order valence-electron chi connectivity index (χ2n) is 11.1. The molecule has 4 aliphatic rings. The Bertz CT molecular complexity index is 842. The molecule has 3 heteroatoms. The van der Waals surface area contributed by atoms with Crippen LogP contribution in [-0.2, 0) is 4.79 Å². The van der Waals surface area contributed by atoms with E-state index in [1.165, 1.54) is 37.7 Å². The van der Waals surface area contributed by atoms with Gasteiger partial charge in [-0.05, 0) is 111 Å². The molecular weight excluding hydrogens is 384 g/mol. The van der Waals surface area contributed by atoms with Crippen LogP contribution in [0.1, 0.15) is 85.0 Å². The number of ketones is 1. The molecule has 6 unspecified atom stereocenters. The van der Waals surface area contributed by atoms with Crippen molar-refractivity contribution in [3.63, 3.8) is 0 Å². The predicted molar refractivity (Wildman–Crippen MR) is 125 cm³/mol. The molecule has 6 atom stereocenters. The van der Waals surface area contributed by atoms with Crippen LogP contribution in [0.4, 0.5) is 0 Å². The average Bonchev–Trinajstić information content (AvgIpc) is 3.20. The molecule has 0 aliphatic heterocycles. The zero-order valence-corrected chi connectivity index (χ0v) is 19.6. The molecule has 4 aliphatic carbocycles. The first-order valence-corrected chi connectivity index (χ1v) is 12.4. The number of fused-ring (bicyclic) bond motifs is 1. The van der Waals surface area contributed by atoms with Crippen LogP contribution in [0.5, 0.6) is 0 Å². The first-order valence-electron chi connectivity index (χ1n) is 12.4. The number of aliphatic hydroxyl groups excluding tert-OH is 1. The van der Waals surface area contributed by atoms with Gasteiger partial charge in [-0.2, -0.15) is 0 Å². The van der Waals surface area contributed by atoms with Crippen LogP contribution < -0.4 is 0 Å². The van der Waals surface area contributed by atoms with Gasteiger partial charge in [0.25, 0.3) is 0 Å². The number of carbonyl (C=O) groups is 1. The number of hydrogen-bond donors (Lipinski definition) is 2. The molecule has 0 bridgehead atoms. The minimum absolute atomic E-state index is 0.0650. The zero-order valence-electron chi connectivity index (χ0n) is 19.6. The smallest absolute Gasteiger partial charge is 0.189 e. The molecule has 0 amide bonds. The summed E-state index contributed by atoms with van der Waals surface area (Å²) in [5, 5.41) is 20.4. The van der Waals surface area contributed by atoms with Crippen LogP contribution in [0, 0.1) is 23.2 Å². The average molecular weight is 425 g/mol. The molecule has 0 aromatic rings. The molecule has 4 fully saturated rings. The molecular formula is C28H40O3. The zero-order chi connectivity index (χ0) is 22.4. The topological polar surface area (TPSA) is 57.5 Å². The van der Waals surface area contributed by atoms with Gasteiger partial charge in [-0.25, -0.2) is 0 Å². The molecule has 0 aromatic heterocycles. The first kappa shape index (κ1) is 22.7. The van der Waals surface area contributed by atoms with Crippen LogP contribution >= 0.6 is 0 Å². The molecule has 4 rings (SSSR count). The largest absolute Gasteiger partial charge is 0.388 e. The van der Waals surface area contributed by atoms with Gasteiger partial charge in [-0.1, -0.05) is 44.2 Å². The third kappa shape index (κ3) is 4.16. The van der Waals surface area contributed by atoms with Gasteiger partial charge >= 0.3 is 0 Å². The lowest BCUT2D eigenvalue weighted by Gasteiger charge is -2.44. The van der Waals surface area contributed by atoms with E-state index in [2.05, 4.69) is 38.7 Å². The maximum Gasteiger partial charge on any atom is 0.189 e. The molecule has 2 N–H and O–H groups in total. The van der Waals surface area contributed by atoms with E-state index < -0.39 is 5.60 Å². The van der Waals surface area contributed by atoms with E-state index in [1.54, 1.807) is 12.5 Å². The number of rotatable bonds is 3. The van der Waals surface area contributed by atoms with E-state index >= 15 is 0 Å². The van der Waals surface area contributed by atoms with Crippen molar-refractivity contribution >= 4 is 5.78 Å². The van der Waals surface area contributed by atoms with Crippen LogP contribution in [0.2, 0.25) is 0 Å². The number of carbonyl (C=O) groups excluding carboxylic acids is 1. The van der Waals surface area contributed by atoms with Gasteiger partial charge in [0.15, 0.2) is 5.78 Å². The molecule has 170 valence electrons. The summed E-state index contributed by atoms with van der Waals surface area (Å²) in [5.74, 6) is 1.47. The van der Waals surface area contributed by atoms with Crippen molar-refractivity contribution in [2.75, 3.05) is 0 Å². The third-order valence-corrected chi connectivity index (χ3v) is 9.04. The molecule has 0 heterocycles. The summed E-state index contributed by atoms with van der Waals surface area (Å²) in [6.07, 6.45) is 16.6. The molecule has 0 saturated heterocycles. The Morgan fingerprint density at radius 1 is 1.03 bits per heavy atom. The minimum Gasteiger partial charge on any atom is -0.388 e. The fraction of sp³-hybridized carbons (Fsp3) is 0.679. The van der Waals surface area contributed by atoms with Crippen LogP contribution in [0.25, 0.3) is 0 Å². The summed E-state index contributed by atoms with van der Waals surface area (Å²) < 4.78 is 0. The highest BCUT2D eigenvalue weighted by molar-refractivity contribution is 6.03. The molecule has 0 radical (unpaired) electrons. The monoisotopic (exact) mass is 424 g/mol. The highest BCUT2D eigenvalue weighted by atomic mass is 16.3. The van der Waals surface area contributed by atoms with Crippen LogP contribution in [0.3, 0.4) is 0 Å². The Kier molecular flexibility index (Phi) is 6.22. The number of aliphatic hydroxyl groups is 2. The molecule has 4 saturated carbocycles. The molecule has 31 heavy (non-hydrogen) atoms. The SMILES string of the molecule is C=C1/C(=C\C=C2/CCCC3(C)C2CCC3C(C)/C=C2\CCC(C)(O)C2=O)CCCC1O. The number of Topliss-reactive ketones (excluding diaryl/α,β-unsaturated/α-hetero) is 1. The lowest BCUT2D eigenvalue weighted by molar-refractivity contribution is -0.129. The normalized spacial score (nSPS) is 43.8. The fourth-order valence-corrected chi connectivity index (χ4v) is 7.12. The summed E-state index contributed by atoms with van der Waals surface area (Å²) in [5.41, 5.74) is 3.64. The molecule has 0 spiro atoms. The van der Waals surface area contributed by atoms with Gasteiger partial charge in [0.05, 0.1) is 6.10 Å². The number of hydrogen-bond acceptors (Lipinski definition) is 3. The Labute approximate surface area is 188 Å². The van der Waals surface area contributed by atoms with Gasteiger partial charge in [0, 0.05) is 0 Å². The first-order chi connectivity index (χ1) is 14.6. The molecule has 3 nitrogen and oxygen atoms in total. The predicted octanol–water partition coefficient (Wildman–Crippen LogP) is 5.83. The maximum atomic E-state index is 12.5. The maximum absolute atomic E-state index is 12.5. The summed E-state index contributed by atoms with van der Waals surface area (Å²) >= 11 is 0. The van der Waals surface area contributed by atoms with Gasteiger partial charge in [-0.15, -0.1) is 0 Å². The highest BCUT2D eigenvalue weighted by Crippen LogP contribution is 2.59. The quantitative estimate of drug-likeness (QED) is 0.560. The van der Waals surface area contributed by atoms with Crippen LogP contribution in [-0.4, -0.2) is 27.7 Å². The van der Waals surface area contributed by atoms with Gasteiger partial charge < -0.3 is 10.2 Å². The lowest BCUT2D eigenvalue weighted by Crippen LogP contribution is -2.35.